The predicted molar refractivity (Wildman–Crippen MR) is 102 cm³/mol. The van der Waals surface area contributed by atoms with Gasteiger partial charge in [-0.3, -0.25) is 9.59 Å². The normalized spacial score (nSPS) is 16.8. The van der Waals surface area contributed by atoms with Crippen molar-refractivity contribution in [3.8, 4) is 5.75 Å². The number of hydrogen-bond donors (Lipinski definition) is 2. The maximum atomic E-state index is 12.8. The van der Waals surface area contributed by atoms with Crippen LogP contribution >= 0.6 is 24.0 Å². The molecule has 0 spiro atoms. The maximum absolute atomic E-state index is 12.8. The average Bonchev–Trinajstić information content (AvgIpc) is 2.61. The molecule has 140 valence electrons. The number of amides is 2. The summed E-state index contributed by atoms with van der Waals surface area (Å²) < 4.78 is 5.26. The second kappa shape index (κ2) is 9.73. The number of likely N-dealkylation sites (tertiary alicyclic amines) is 1. The number of ether oxygens (including phenoxy) is 1. The van der Waals surface area contributed by atoms with E-state index in [-0.39, 0.29) is 30.1 Å². The molecule has 2 rings (SSSR count). The van der Waals surface area contributed by atoms with Gasteiger partial charge < -0.3 is 20.7 Å². The lowest BCUT2D eigenvalue weighted by atomic mass is 9.96. The monoisotopic (exact) mass is 389 g/mol. The Morgan fingerprint density at radius 2 is 2.16 bits per heavy atom. The molecule has 3 N–H and O–H groups in total. The summed E-state index contributed by atoms with van der Waals surface area (Å²) in [7, 11) is 1.48. The summed E-state index contributed by atoms with van der Waals surface area (Å²) in [4.78, 5) is 26.7. The number of nitrogens with one attached hydrogen (secondary N) is 1. The number of benzene rings is 1. The van der Waals surface area contributed by atoms with Crippen molar-refractivity contribution < 1.29 is 14.3 Å². The molecule has 1 heterocycles. The van der Waals surface area contributed by atoms with Crippen LogP contribution in [0, 0.1) is 5.92 Å². The molecule has 2 amide bonds. The number of nitrogen functional groups attached to an aromatic ring is 1. The van der Waals surface area contributed by atoms with Gasteiger partial charge in [0, 0.05) is 25.7 Å². The maximum Gasteiger partial charge on any atom is 0.257 e. The second-order valence-corrected chi connectivity index (χ2v) is 6.36. The van der Waals surface area contributed by atoms with Crippen molar-refractivity contribution in [3.05, 3.63) is 22.7 Å². The van der Waals surface area contributed by atoms with Crippen LogP contribution in [0.4, 0.5) is 5.69 Å². The van der Waals surface area contributed by atoms with Crippen LogP contribution in [0.5, 0.6) is 5.75 Å². The lowest BCUT2D eigenvalue weighted by Gasteiger charge is -2.32. The molecule has 6 nitrogen and oxygen atoms in total. The summed E-state index contributed by atoms with van der Waals surface area (Å²) in [6, 6.07) is 3.07. The zero-order chi connectivity index (χ0) is 17.7. The summed E-state index contributed by atoms with van der Waals surface area (Å²) >= 11 is 6.05. The van der Waals surface area contributed by atoms with Crippen LogP contribution in [-0.2, 0) is 4.79 Å². The fraction of sp³-hybridized carbons (Fsp3) is 0.529. The minimum Gasteiger partial charge on any atom is -0.496 e. The number of nitrogens with two attached hydrogens (primary N) is 1. The standard InChI is InChI=1S/C17H24ClN3O3.ClH/c1-3-6-20-16(22)11-5-4-7-21(10-11)17(23)12-8-13(18)14(19)9-15(12)24-2;/h8-9,11H,3-7,10,19H2,1-2H3,(H,20,22);1H. The van der Waals surface area contributed by atoms with Crippen molar-refractivity contribution in [3.63, 3.8) is 0 Å². The predicted octanol–water partition coefficient (Wildman–Crippen LogP) is 2.73. The third-order valence-electron chi connectivity index (χ3n) is 4.18. The molecule has 0 radical (unpaired) electrons. The van der Waals surface area contributed by atoms with Crippen molar-refractivity contribution in [2.45, 2.75) is 26.2 Å². The minimum absolute atomic E-state index is 0. The summed E-state index contributed by atoms with van der Waals surface area (Å²) in [6.07, 6.45) is 2.47. The number of nitrogens with zero attached hydrogens (tertiary/aromatic N) is 1. The minimum atomic E-state index is -0.193. The zero-order valence-electron chi connectivity index (χ0n) is 14.5. The first-order valence-corrected chi connectivity index (χ1v) is 8.55. The number of halogens is 2. The van der Waals surface area contributed by atoms with Gasteiger partial charge in [-0.25, -0.2) is 0 Å². The molecule has 1 aliphatic rings. The van der Waals surface area contributed by atoms with Crippen LogP contribution in [0.3, 0.4) is 0 Å². The smallest absolute Gasteiger partial charge is 0.257 e. The van der Waals surface area contributed by atoms with Crippen LogP contribution in [-0.4, -0.2) is 43.5 Å². The highest BCUT2D eigenvalue weighted by Crippen LogP contribution is 2.30. The largest absolute Gasteiger partial charge is 0.496 e. The molecule has 8 heteroatoms. The molecule has 0 bridgehead atoms. The van der Waals surface area contributed by atoms with E-state index in [9.17, 15) is 9.59 Å². The Morgan fingerprint density at radius 1 is 1.44 bits per heavy atom. The Hall–Kier alpha value is -1.66. The molecule has 1 atom stereocenters. The summed E-state index contributed by atoms with van der Waals surface area (Å²) in [6.45, 7) is 3.68. The van der Waals surface area contributed by atoms with Gasteiger partial charge in [0.05, 0.1) is 29.3 Å². The number of piperidine rings is 1. The molecular formula is C17H25Cl2N3O3. The van der Waals surface area contributed by atoms with Gasteiger partial charge in [0.15, 0.2) is 0 Å². The van der Waals surface area contributed by atoms with E-state index >= 15 is 0 Å². The van der Waals surface area contributed by atoms with E-state index in [0.29, 0.717) is 41.7 Å². The van der Waals surface area contributed by atoms with E-state index in [4.69, 9.17) is 22.1 Å². The molecule has 1 aromatic rings. The van der Waals surface area contributed by atoms with E-state index in [1.165, 1.54) is 13.2 Å². The highest BCUT2D eigenvalue weighted by molar-refractivity contribution is 6.33. The molecule has 25 heavy (non-hydrogen) atoms. The Morgan fingerprint density at radius 3 is 2.80 bits per heavy atom. The van der Waals surface area contributed by atoms with Gasteiger partial charge in [0.25, 0.3) is 5.91 Å². The van der Waals surface area contributed by atoms with E-state index in [1.54, 1.807) is 11.0 Å². The lowest BCUT2D eigenvalue weighted by Crippen LogP contribution is -2.45. The first-order valence-electron chi connectivity index (χ1n) is 8.17. The third kappa shape index (κ3) is 5.16. The van der Waals surface area contributed by atoms with Gasteiger partial charge in [-0.1, -0.05) is 18.5 Å². The number of carbonyl (C=O) groups excluding carboxylic acids is 2. The highest BCUT2D eigenvalue weighted by atomic mass is 35.5. The SMILES string of the molecule is CCCNC(=O)C1CCCN(C(=O)c2cc(Cl)c(N)cc2OC)C1.Cl. The molecule has 0 saturated carbocycles. The Bertz CT molecular complexity index is 625. The number of rotatable bonds is 5. The van der Waals surface area contributed by atoms with E-state index in [1.807, 2.05) is 6.92 Å². The fourth-order valence-corrected chi connectivity index (χ4v) is 3.01. The molecule has 1 saturated heterocycles. The Kier molecular flexibility index (Phi) is 8.32. The molecule has 0 aliphatic carbocycles. The molecule has 0 aromatic heterocycles. The number of methoxy groups -OCH3 is 1. The first kappa shape index (κ1) is 21.4. The number of hydrogen-bond acceptors (Lipinski definition) is 4. The third-order valence-corrected chi connectivity index (χ3v) is 4.51. The van der Waals surface area contributed by atoms with E-state index in [0.717, 1.165) is 19.3 Å². The van der Waals surface area contributed by atoms with Crippen LogP contribution in [0.15, 0.2) is 12.1 Å². The second-order valence-electron chi connectivity index (χ2n) is 5.96. The summed E-state index contributed by atoms with van der Waals surface area (Å²) in [5.41, 5.74) is 6.49. The van der Waals surface area contributed by atoms with Crippen molar-refractivity contribution in [2.75, 3.05) is 32.5 Å². The quantitative estimate of drug-likeness (QED) is 0.758. The molecule has 1 aliphatic heterocycles. The average molecular weight is 390 g/mol. The van der Waals surface area contributed by atoms with Crippen molar-refractivity contribution >= 4 is 41.5 Å². The fourth-order valence-electron chi connectivity index (χ4n) is 2.84. The summed E-state index contributed by atoms with van der Waals surface area (Å²) in [5, 5.41) is 3.21. The van der Waals surface area contributed by atoms with Gasteiger partial charge in [-0.15, -0.1) is 12.4 Å². The van der Waals surface area contributed by atoms with Crippen molar-refractivity contribution in [1.29, 1.82) is 0 Å². The van der Waals surface area contributed by atoms with Crippen LogP contribution in [0.25, 0.3) is 0 Å². The summed E-state index contributed by atoms with van der Waals surface area (Å²) in [5.74, 6) is 0.0300. The molecule has 1 aromatic carbocycles. The van der Waals surface area contributed by atoms with Crippen molar-refractivity contribution in [1.82, 2.24) is 10.2 Å². The first-order chi connectivity index (χ1) is 11.5. The Labute approximate surface area is 159 Å². The van der Waals surface area contributed by atoms with Gasteiger partial charge >= 0.3 is 0 Å². The zero-order valence-corrected chi connectivity index (χ0v) is 16.1. The van der Waals surface area contributed by atoms with Gasteiger partial charge in [-0.05, 0) is 25.3 Å². The number of anilines is 1. The van der Waals surface area contributed by atoms with E-state index in [2.05, 4.69) is 5.32 Å². The van der Waals surface area contributed by atoms with Crippen molar-refractivity contribution in [2.24, 2.45) is 5.92 Å². The van der Waals surface area contributed by atoms with Crippen LogP contribution in [0.1, 0.15) is 36.5 Å². The highest BCUT2D eigenvalue weighted by Gasteiger charge is 2.30. The van der Waals surface area contributed by atoms with Gasteiger partial charge in [0.2, 0.25) is 5.91 Å². The van der Waals surface area contributed by atoms with E-state index < -0.39 is 0 Å². The molecule has 1 fully saturated rings. The van der Waals surface area contributed by atoms with Crippen LogP contribution < -0.4 is 15.8 Å². The van der Waals surface area contributed by atoms with Gasteiger partial charge in [0.1, 0.15) is 5.75 Å². The number of carbonyl (C=O) groups is 2. The topological polar surface area (TPSA) is 84.7 Å². The molecule has 1 unspecified atom stereocenters. The van der Waals surface area contributed by atoms with Gasteiger partial charge in [-0.2, -0.15) is 0 Å². The lowest BCUT2D eigenvalue weighted by molar-refractivity contribution is -0.126. The van der Waals surface area contributed by atoms with Crippen LogP contribution in [0.2, 0.25) is 5.02 Å². The Balaban J connectivity index is 0.00000312. The molecular weight excluding hydrogens is 365 g/mol.